The summed E-state index contributed by atoms with van der Waals surface area (Å²) in [5, 5.41) is 4.23. The minimum Gasteiger partial charge on any atom is -0.330 e. The zero-order valence-corrected chi connectivity index (χ0v) is 9.10. The summed E-state index contributed by atoms with van der Waals surface area (Å²) in [5.41, 5.74) is 7.39. The molecule has 0 saturated carbocycles. The average Bonchev–Trinajstić information content (AvgIpc) is 2.69. The molecule has 5 heteroatoms. The molecule has 1 unspecified atom stereocenters. The van der Waals surface area contributed by atoms with Crippen molar-refractivity contribution in [3.63, 3.8) is 0 Å². The van der Waals surface area contributed by atoms with Gasteiger partial charge in [-0.1, -0.05) is 0 Å². The number of aromatic nitrogens is 2. The van der Waals surface area contributed by atoms with E-state index in [0.29, 0.717) is 13.0 Å². The fourth-order valence-corrected chi connectivity index (χ4v) is 2.02. The Morgan fingerprint density at radius 1 is 1.67 bits per heavy atom. The van der Waals surface area contributed by atoms with Crippen LogP contribution < -0.4 is 10.6 Å². The minimum absolute atomic E-state index is 0.154. The average molecular weight is 208 g/mol. The Morgan fingerprint density at radius 3 is 2.87 bits per heavy atom. The second kappa shape index (κ2) is 3.66. The van der Waals surface area contributed by atoms with Gasteiger partial charge in [0.2, 0.25) is 5.91 Å². The number of carbonyl (C=O) groups excluding carboxylic acids is 1. The SMILES string of the molecule is Cc1nn(C)cc1N1CC(CN)CC1=O. The summed E-state index contributed by atoms with van der Waals surface area (Å²) < 4.78 is 1.73. The highest BCUT2D eigenvalue weighted by atomic mass is 16.2. The lowest BCUT2D eigenvalue weighted by Crippen LogP contribution is -2.25. The Balaban J connectivity index is 2.25. The monoisotopic (exact) mass is 208 g/mol. The van der Waals surface area contributed by atoms with Gasteiger partial charge in [0.25, 0.3) is 0 Å². The van der Waals surface area contributed by atoms with E-state index in [-0.39, 0.29) is 11.8 Å². The van der Waals surface area contributed by atoms with E-state index in [1.807, 2.05) is 20.2 Å². The third kappa shape index (κ3) is 1.74. The van der Waals surface area contributed by atoms with Crippen molar-refractivity contribution < 1.29 is 4.79 Å². The summed E-state index contributed by atoms with van der Waals surface area (Å²) in [6.07, 6.45) is 2.44. The highest BCUT2D eigenvalue weighted by Crippen LogP contribution is 2.26. The van der Waals surface area contributed by atoms with Crippen LogP contribution in [0.1, 0.15) is 12.1 Å². The van der Waals surface area contributed by atoms with Crippen molar-refractivity contribution in [3.05, 3.63) is 11.9 Å². The molecule has 2 heterocycles. The highest BCUT2D eigenvalue weighted by molar-refractivity contribution is 5.96. The molecule has 82 valence electrons. The van der Waals surface area contributed by atoms with E-state index in [2.05, 4.69) is 5.10 Å². The lowest BCUT2D eigenvalue weighted by atomic mass is 10.1. The standard InChI is InChI=1S/C10H16N4O/c1-7-9(6-13(2)12-7)14-5-8(4-11)3-10(14)15/h6,8H,3-5,11H2,1-2H3. The number of rotatable bonds is 2. The number of amides is 1. The molecule has 1 aliphatic heterocycles. The normalized spacial score (nSPS) is 21.4. The Bertz CT molecular complexity index is 385. The maximum absolute atomic E-state index is 11.7. The van der Waals surface area contributed by atoms with Gasteiger partial charge in [0.15, 0.2) is 0 Å². The molecule has 1 atom stereocenters. The third-order valence-corrected chi connectivity index (χ3v) is 2.82. The summed E-state index contributed by atoms with van der Waals surface area (Å²) >= 11 is 0. The van der Waals surface area contributed by atoms with E-state index in [1.54, 1.807) is 9.58 Å². The Morgan fingerprint density at radius 2 is 2.40 bits per heavy atom. The fourth-order valence-electron chi connectivity index (χ4n) is 2.02. The van der Waals surface area contributed by atoms with Crippen LogP contribution in [-0.4, -0.2) is 28.8 Å². The van der Waals surface area contributed by atoms with Gasteiger partial charge in [-0.3, -0.25) is 9.48 Å². The number of nitrogens with zero attached hydrogens (tertiary/aromatic N) is 3. The van der Waals surface area contributed by atoms with Crippen LogP contribution in [0.25, 0.3) is 0 Å². The predicted octanol–water partition coefficient (Wildman–Crippen LogP) is 0.0401. The second-order valence-electron chi connectivity index (χ2n) is 4.08. The van der Waals surface area contributed by atoms with Gasteiger partial charge in [0, 0.05) is 26.2 Å². The smallest absolute Gasteiger partial charge is 0.227 e. The number of aryl methyl sites for hydroxylation is 2. The number of carbonyl (C=O) groups is 1. The molecule has 0 bridgehead atoms. The van der Waals surface area contributed by atoms with Gasteiger partial charge in [0.1, 0.15) is 0 Å². The number of nitrogens with two attached hydrogens (primary N) is 1. The van der Waals surface area contributed by atoms with Crippen LogP contribution in [0.3, 0.4) is 0 Å². The van der Waals surface area contributed by atoms with Crippen LogP contribution >= 0.6 is 0 Å². The molecule has 1 saturated heterocycles. The molecular formula is C10H16N4O. The molecule has 5 nitrogen and oxygen atoms in total. The first-order chi connectivity index (χ1) is 7.11. The molecule has 2 N–H and O–H groups in total. The first-order valence-corrected chi connectivity index (χ1v) is 5.12. The summed E-state index contributed by atoms with van der Waals surface area (Å²) in [7, 11) is 1.86. The van der Waals surface area contributed by atoms with Crippen molar-refractivity contribution in [2.45, 2.75) is 13.3 Å². The van der Waals surface area contributed by atoms with Gasteiger partial charge in [-0.2, -0.15) is 5.10 Å². The molecule has 0 aliphatic carbocycles. The van der Waals surface area contributed by atoms with E-state index in [9.17, 15) is 4.79 Å². The Labute approximate surface area is 88.8 Å². The Hall–Kier alpha value is -1.36. The van der Waals surface area contributed by atoms with E-state index >= 15 is 0 Å². The molecule has 1 aliphatic rings. The molecule has 1 aromatic rings. The van der Waals surface area contributed by atoms with Crippen LogP contribution in [0.5, 0.6) is 0 Å². The van der Waals surface area contributed by atoms with Gasteiger partial charge in [-0.15, -0.1) is 0 Å². The van der Waals surface area contributed by atoms with Crippen molar-refractivity contribution in [2.75, 3.05) is 18.0 Å². The summed E-state index contributed by atoms with van der Waals surface area (Å²) in [6, 6.07) is 0. The van der Waals surface area contributed by atoms with Crippen molar-refractivity contribution in [3.8, 4) is 0 Å². The molecule has 2 rings (SSSR count). The van der Waals surface area contributed by atoms with E-state index in [4.69, 9.17) is 5.73 Å². The molecule has 15 heavy (non-hydrogen) atoms. The summed E-state index contributed by atoms with van der Waals surface area (Å²) in [5.74, 6) is 0.443. The van der Waals surface area contributed by atoms with Crippen LogP contribution in [0.15, 0.2) is 6.20 Å². The fraction of sp³-hybridized carbons (Fsp3) is 0.600. The van der Waals surface area contributed by atoms with E-state index in [1.165, 1.54) is 0 Å². The highest BCUT2D eigenvalue weighted by Gasteiger charge is 2.31. The zero-order chi connectivity index (χ0) is 11.0. The molecular weight excluding hydrogens is 192 g/mol. The maximum Gasteiger partial charge on any atom is 0.227 e. The zero-order valence-electron chi connectivity index (χ0n) is 9.10. The minimum atomic E-state index is 0.154. The topological polar surface area (TPSA) is 64.2 Å². The van der Waals surface area contributed by atoms with Crippen molar-refractivity contribution in [1.29, 1.82) is 0 Å². The first kappa shape index (κ1) is 10.2. The summed E-state index contributed by atoms with van der Waals surface area (Å²) in [4.78, 5) is 13.5. The van der Waals surface area contributed by atoms with Gasteiger partial charge in [0.05, 0.1) is 11.4 Å². The van der Waals surface area contributed by atoms with Gasteiger partial charge >= 0.3 is 0 Å². The van der Waals surface area contributed by atoms with Crippen LogP contribution in [0, 0.1) is 12.8 Å². The van der Waals surface area contributed by atoms with E-state index in [0.717, 1.165) is 17.9 Å². The van der Waals surface area contributed by atoms with Gasteiger partial charge < -0.3 is 10.6 Å². The predicted molar refractivity (Wildman–Crippen MR) is 57.5 cm³/mol. The van der Waals surface area contributed by atoms with Crippen molar-refractivity contribution >= 4 is 11.6 Å². The molecule has 0 aromatic carbocycles. The van der Waals surface area contributed by atoms with Gasteiger partial charge in [-0.05, 0) is 19.4 Å². The molecule has 1 fully saturated rings. The third-order valence-electron chi connectivity index (χ3n) is 2.82. The van der Waals surface area contributed by atoms with Crippen LogP contribution in [-0.2, 0) is 11.8 Å². The van der Waals surface area contributed by atoms with Crippen LogP contribution in [0.2, 0.25) is 0 Å². The molecule has 1 amide bonds. The number of anilines is 1. The largest absolute Gasteiger partial charge is 0.330 e. The number of hydrogen-bond acceptors (Lipinski definition) is 3. The van der Waals surface area contributed by atoms with Crippen molar-refractivity contribution in [2.24, 2.45) is 18.7 Å². The molecule has 1 aromatic heterocycles. The molecule has 0 radical (unpaired) electrons. The quantitative estimate of drug-likeness (QED) is 0.746. The second-order valence-corrected chi connectivity index (χ2v) is 4.08. The van der Waals surface area contributed by atoms with Crippen molar-refractivity contribution in [1.82, 2.24) is 9.78 Å². The number of hydrogen-bond donors (Lipinski definition) is 1. The van der Waals surface area contributed by atoms with Gasteiger partial charge in [-0.25, -0.2) is 0 Å². The lowest BCUT2D eigenvalue weighted by molar-refractivity contribution is -0.117. The van der Waals surface area contributed by atoms with E-state index < -0.39 is 0 Å². The lowest BCUT2D eigenvalue weighted by Gasteiger charge is -2.14. The Kier molecular flexibility index (Phi) is 2.48. The summed E-state index contributed by atoms with van der Waals surface area (Å²) in [6.45, 7) is 3.21. The van der Waals surface area contributed by atoms with Crippen LogP contribution in [0.4, 0.5) is 5.69 Å². The molecule has 0 spiro atoms. The first-order valence-electron chi connectivity index (χ1n) is 5.12. The maximum atomic E-state index is 11.7.